The minimum atomic E-state index is -0.509. The third kappa shape index (κ3) is 3.26. The van der Waals surface area contributed by atoms with Crippen molar-refractivity contribution in [3.8, 4) is 45.6 Å². The topological polar surface area (TPSA) is 95.8 Å². The number of hydrogen-bond donors (Lipinski definition) is 2. The Balaban J connectivity index is 2.03. The van der Waals surface area contributed by atoms with Gasteiger partial charge >= 0.3 is 0 Å². The lowest BCUT2D eigenvalue weighted by molar-refractivity contribution is 0.135. The van der Waals surface area contributed by atoms with Gasteiger partial charge in [0.25, 0.3) is 0 Å². The summed E-state index contributed by atoms with van der Waals surface area (Å²) in [6, 6.07) is 3.64. The molecule has 2 unspecified atom stereocenters. The van der Waals surface area contributed by atoms with Crippen LogP contribution in [0.15, 0.2) is 12.1 Å². The van der Waals surface area contributed by atoms with E-state index < -0.39 is 6.10 Å². The van der Waals surface area contributed by atoms with Gasteiger partial charge in [0, 0.05) is 11.1 Å². The molecule has 2 aliphatic rings. The second kappa shape index (κ2) is 8.12. The highest BCUT2D eigenvalue weighted by atomic mass is 16.7. The molecule has 2 heterocycles. The molecule has 0 spiro atoms. The first-order valence-electron chi connectivity index (χ1n) is 9.78. The SMILES string of the molecule is COc1c2c(cc(CO)c1-c1c(CC(C)C(C)O)cc3c(c1OC)OCO3)OCO2. The van der Waals surface area contributed by atoms with Gasteiger partial charge in [0.1, 0.15) is 0 Å². The zero-order chi connectivity index (χ0) is 21.4. The van der Waals surface area contributed by atoms with Crippen LogP contribution in [0.4, 0.5) is 0 Å². The van der Waals surface area contributed by atoms with Crippen molar-refractivity contribution in [1.29, 1.82) is 0 Å². The summed E-state index contributed by atoms with van der Waals surface area (Å²) >= 11 is 0. The smallest absolute Gasteiger partial charge is 0.231 e. The summed E-state index contributed by atoms with van der Waals surface area (Å²) in [6.07, 6.45) is 0.0351. The Kier molecular flexibility index (Phi) is 5.53. The van der Waals surface area contributed by atoms with E-state index in [9.17, 15) is 10.2 Å². The van der Waals surface area contributed by atoms with E-state index in [0.717, 1.165) is 5.56 Å². The van der Waals surface area contributed by atoms with Gasteiger partial charge in [-0.3, -0.25) is 0 Å². The first-order valence-corrected chi connectivity index (χ1v) is 9.78. The van der Waals surface area contributed by atoms with Crippen LogP contribution in [0.1, 0.15) is 25.0 Å². The van der Waals surface area contributed by atoms with Crippen LogP contribution in [0.2, 0.25) is 0 Å². The van der Waals surface area contributed by atoms with Gasteiger partial charge in [0.2, 0.25) is 25.1 Å². The predicted octanol–water partition coefficient (Wildman–Crippen LogP) is 2.88. The fourth-order valence-electron chi connectivity index (χ4n) is 3.87. The molecule has 8 nitrogen and oxygen atoms in total. The van der Waals surface area contributed by atoms with Crippen molar-refractivity contribution in [3.05, 3.63) is 23.3 Å². The molecule has 0 aromatic heterocycles. The van der Waals surface area contributed by atoms with Crippen molar-refractivity contribution in [3.63, 3.8) is 0 Å². The van der Waals surface area contributed by atoms with Crippen LogP contribution in [0.3, 0.4) is 0 Å². The molecule has 2 atom stereocenters. The molecule has 0 aliphatic carbocycles. The maximum Gasteiger partial charge on any atom is 0.231 e. The normalized spacial score (nSPS) is 15.8. The molecule has 0 fully saturated rings. The van der Waals surface area contributed by atoms with Crippen LogP contribution in [-0.4, -0.2) is 44.1 Å². The molecule has 30 heavy (non-hydrogen) atoms. The zero-order valence-electron chi connectivity index (χ0n) is 17.5. The standard InChI is InChI=1S/C22H26O8/c1-11(12(2)24)5-13-6-15-19(29-9-27-15)21(25-3)17(13)18-14(8-23)7-16-20(22(18)26-4)30-10-28-16/h6-7,11-12,23-24H,5,8-10H2,1-4H3. The first kappa shape index (κ1) is 20.4. The van der Waals surface area contributed by atoms with E-state index in [2.05, 4.69) is 0 Å². The Morgan fingerprint density at radius 2 is 1.37 bits per heavy atom. The van der Waals surface area contributed by atoms with E-state index in [0.29, 0.717) is 57.6 Å². The van der Waals surface area contributed by atoms with Crippen molar-refractivity contribution in [2.75, 3.05) is 27.8 Å². The highest BCUT2D eigenvalue weighted by Gasteiger charge is 2.33. The van der Waals surface area contributed by atoms with E-state index in [1.807, 2.05) is 13.0 Å². The first-order chi connectivity index (χ1) is 14.5. The molecule has 0 amide bonds. The number of fused-ring (bicyclic) bond motifs is 2. The van der Waals surface area contributed by atoms with Crippen molar-refractivity contribution in [2.24, 2.45) is 5.92 Å². The minimum absolute atomic E-state index is 0.0357. The maximum absolute atomic E-state index is 10.2. The summed E-state index contributed by atoms with van der Waals surface area (Å²) < 4.78 is 33.9. The molecule has 162 valence electrons. The monoisotopic (exact) mass is 418 g/mol. The van der Waals surface area contributed by atoms with Gasteiger partial charge in [-0.2, -0.15) is 0 Å². The number of ether oxygens (including phenoxy) is 6. The van der Waals surface area contributed by atoms with E-state index >= 15 is 0 Å². The van der Waals surface area contributed by atoms with Crippen molar-refractivity contribution < 1.29 is 38.6 Å². The quantitative estimate of drug-likeness (QED) is 0.709. The Morgan fingerprint density at radius 1 is 0.867 bits per heavy atom. The number of benzene rings is 2. The lowest BCUT2D eigenvalue weighted by Crippen LogP contribution is -2.16. The lowest BCUT2D eigenvalue weighted by Gasteiger charge is -2.23. The Labute approximate surface area is 174 Å². The highest BCUT2D eigenvalue weighted by Crippen LogP contribution is 2.56. The van der Waals surface area contributed by atoms with Gasteiger partial charge in [-0.1, -0.05) is 6.92 Å². The van der Waals surface area contributed by atoms with Gasteiger partial charge in [0.15, 0.2) is 23.0 Å². The van der Waals surface area contributed by atoms with Gasteiger partial charge in [-0.15, -0.1) is 0 Å². The van der Waals surface area contributed by atoms with Crippen molar-refractivity contribution >= 4 is 0 Å². The third-order valence-corrected chi connectivity index (χ3v) is 5.60. The van der Waals surface area contributed by atoms with Gasteiger partial charge in [-0.25, -0.2) is 0 Å². The fraction of sp³-hybridized carbons (Fsp3) is 0.455. The van der Waals surface area contributed by atoms with Crippen molar-refractivity contribution in [1.82, 2.24) is 0 Å². The zero-order valence-corrected chi connectivity index (χ0v) is 17.5. The molecule has 2 aliphatic heterocycles. The average molecular weight is 418 g/mol. The van der Waals surface area contributed by atoms with Crippen molar-refractivity contribution in [2.45, 2.75) is 33.0 Å². The van der Waals surface area contributed by atoms with Crippen LogP contribution in [0, 0.1) is 5.92 Å². The van der Waals surface area contributed by atoms with Crippen LogP contribution in [0.25, 0.3) is 11.1 Å². The summed E-state index contributed by atoms with van der Waals surface area (Å²) in [5.41, 5.74) is 2.80. The fourth-order valence-corrected chi connectivity index (χ4v) is 3.87. The van der Waals surface area contributed by atoms with Gasteiger partial charge in [0.05, 0.1) is 26.9 Å². The molecule has 0 saturated heterocycles. The Bertz CT molecular complexity index is 953. The summed E-state index contributed by atoms with van der Waals surface area (Å²) in [5.74, 6) is 2.93. The van der Waals surface area contributed by atoms with E-state index in [1.54, 1.807) is 27.2 Å². The second-order valence-corrected chi connectivity index (χ2v) is 7.44. The van der Waals surface area contributed by atoms with Gasteiger partial charge in [-0.05, 0) is 42.5 Å². The largest absolute Gasteiger partial charge is 0.492 e. The summed E-state index contributed by atoms with van der Waals surface area (Å²) in [7, 11) is 3.10. The Morgan fingerprint density at radius 3 is 1.83 bits per heavy atom. The number of aliphatic hydroxyl groups excluding tert-OH is 2. The van der Waals surface area contributed by atoms with Crippen LogP contribution < -0.4 is 28.4 Å². The molecule has 0 bridgehead atoms. The molecule has 0 radical (unpaired) electrons. The third-order valence-electron chi connectivity index (χ3n) is 5.60. The molecule has 2 aromatic rings. The predicted molar refractivity (Wildman–Crippen MR) is 108 cm³/mol. The Hall–Kier alpha value is -2.84. The summed E-state index contributed by atoms with van der Waals surface area (Å²) in [5, 5.41) is 20.3. The van der Waals surface area contributed by atoms with E-state index in [4.69, 9.17) is 28.4 Å². The second-order valence-electron chi connectivity index (χ2n) is 7.44. The summed E-state index contributed by atoms with van der Waals surface area (Å²) in [6.45, 7) is 3.64. The molecule has 2 N–H and O–H groups in total. The van der Waals surface area contributed by atoms with E-state index in [1.165, 1.54) is 0 Å². The minimum Gasteiger partial charge on any atom is -0.492 e. The molecule has 0 saturated carbocycles. The van der Waals surface area contributed by atoms with Crippen LogP contribution in [0.5, 0.6) is 34.5 Å². The molecule has 4 rings (SSSR count). The molecule has 8 heteroatoms. The summed E-state index contributed by atoms with van der Waals surface area (Å²) in [4.78, 5) is 0. The van der Waals surface area contributed by atoms with Crippen LogP contribution >= 0.6 is 0 Å². The molecular formula is C22H26O8. The number of hydrogen-bond acceptors (Lipinski definition) is 8. The van der Waals surface area contributed by atoms with E-state index in [-0.39, 0.29) is 26.1 Å². The molecule has 2 aromatic carbocycles. The number of aliphatic hydroxyl groups is 2. The molecular weight excluding hydrogens is 392 g/mol. The van der Waals surface area contributed by atoms with Crippen LogP contribution in [-0.2, 0) is 13.0 Å². The lowest BCUT2D eigenvalue weighted by atomic mass is 9.87. The number of methoxy groups -OCH3 is 2. The van der Waals surface area contributed by atoms with Gasteiger partial charge < -0.3 is 38.6 Å². The highest BCUT2D eigenvalue weighted by molar-refractivity contribution is 5.88. The maximum atomic E-state index is 10.2. The number of rotatable bonds is 7. The average Bonchev–Trinajstić information content (AvgIpc) is 3.40.